The molecular weight excluding hydrogens is 418 g/mol. The molecule has 3 aromatic rings. The average Bonchev–Trinajstić information content (AvgIpc) is 3.38. The van der Waals surface area contributed by atoms with Gasteiger partial charge in [0, 0.05) is 61.9 Å². The molecule has 1 amide bonds. The second-order valence-corrected chi connectivity index (χ2v) is 8.64. The number of H-pyrrole nitrogens is 1. The first-order valence-electron chi connectivity index (χ1n) is 11.3. The molecule has 170 valence electrons. The number of nitrogens with one attached hydrogen (secondary N) is 4. The van der Waals surface area contributed by atoms with Crippen LogP contribution in [0.1, 0.15) is 42.6 Å². The Morgan fingerprint density at radius 3 is 2.85 bits per heavy atom. The molecule has 2 bridgehead atoms. The first kappa shape index (κ1) is 21.2. The summed E-state index contributed by atoms with van der Waals surface area (Å²) in [7, 11) is 1.57. The number of piperidine rings is 1. The lowest BCUT2D eigenvalue weighted by Gasteiger charge is -2.39. The lowest BCUT2D eigenvalue weighted by atomic mass is 9.97. The van der Waals surface area contributed by atoms with Crippen molar-refractivity contribution in [2.75, 3.05) is 24.2 Å². The molecule has 3 aromatic heterocycles. The summed E-state index contributed by atoms with van der Waals surface area (Å²) in [6.07, 6.45) is 6.82. The Hall–Kier alpha value is -3.71. The summed E-state index contributed by atoms with van der Waals surface area (Å²) in [4.78, 5) is 23.7. The largest absolute Gasteiger partial charge is 0.367 e. The molecular formula is C23H27N9O. The number of aromatic amines is 1. The fourth-order valence-electron chi connectivity index (χ4n) is 5.15. The summed E-state index contributed by atoms with van der Waals surface area (Å²) in [6, 6.07) is 11.1. The van der Waals surface area contributed by atoms with Crippen LogP contribution in [-0.4, -0.2) is 62.7 Å². The van der Waals surface area contributed by atoms with Gasteiger partial charge in [-0.2, -0.15) is 10.4 Å². The fraction of sp³-hybridized carbons (Fsp3) is 0.435. The summed E-state index contributed by atoms with van der Waals surface area (Å²) >= 11 is 0. The molecule has 4 N–H and O–H groups in total. The molecule has 2 saturated heterocycles. The van der Waals surface area contributed by atoms with E-state index in [4.69, 9.17) is 10.2 Å². The molecule has 0 aliphatic carbocycles. The molecule has 0 saturated carbocycles. The Balaban J connectivity index is 1.37. The van der Waals surface area contributed by atoms with Crippen molar-refractivity contribution in [3.63, 3.8) is 0 Å². The Morgan fingerprint density at radius 2 is 2.09 bits per heavy atom. The van der Waals surface area contributed by atoms with Crippen LogP contribution in [0.4, 0.5) is 17.5 Å². The van der Waals surface area contributed by atoms with Gasteiger partial charge in [0.05, 0.1) is 11.6 Å². The van der Waals surface area contributed by atoms with Gasteiger partial charge in [0.2, 0.25) is 0 Å². The second-order valence-electron chi connectivity index (χ2n) is 8.64. The maximum Gasteiger partial charge on any atom is 0.269 e. The quantitative estimate of drug-likeness (QED) is 0.436. The van der Waals surface area contributed by atoms with Gasteiger partial charge >= 0.3 is 0 Å². The molecule has 2 aliphatic heterocycles. The van der Waals surface area contributed by atoms with Crippen molar-refractivity contribution >= 4 is 34.3 Å². The van der Waals surface area contributed by atoms with Crippen molar-refractivity contribution < 1.29 is 4.79 Å². The number of carbonyl (C=O) groups excluding carboxylic acids is 1. The number of amides is 1. The second kappa shape index (κ2) is 9.03. The number of aromatic nitrogens is 4. The van der Waals surface area contributed by atoms with Gasteiger partial charge in [-0.25, -0.2) is 4.98 Å². The lowest BCUT2D eigenvalue weighted by molar-refractivity contribution is 0.0958. The third kappa shape index (κ3) is 4.32. The number of hydrogen-bond acceptors (Lipinski definition) is 8. The van der Waals surface area contributed by atoms with Gasteiger partial charge in [0.1, 0.15) is 17.3 Å². The van der Waals surface area contributed by atoms with E-state index in [9.17, 15) is 4.79 Å². The third-order valence-corrected chi connectivity index (χ3v) is 6.61. The van der Waals surface area contributed by atoms with Crippen LogP contribution in [0, 0.1) is 11.3 Å². The molecule has 5 rings (SSSR count). The molecule has 10 heteroatoms. The molecule has 10 nitrogen and oxygen atoms in total. The minimum Gasteiger partial charge on any atom is -0.367 e. The van der Waals surface area contributed by atoms with Crippen LogP contribution in [-0.2, 0) is 0 Å². The first-order chi connectivity index (χ1) is 16.1. The number of hydrogen-bond donors (Lipinski definition) is 4. The summed E-state index contributed by atoms with van der Waals surface area (Å²) < 4.78 is 0. The Morgan fingerprint density at radius 1 is 1.27 bits per heavy atom. The standard InChI is InChI=1S/C23H27N9O/c1-25-23(33)19-13-21(31-30-19)28-20-12-18-17(4-2-8-26-18)22(29-20)27-14-10-15-5-6-16(11-14)32(15)9-3-7-24/h2,4,8,12-16H,3,5-6,9-11H2,1H3,(H,25,33)(H3,27,28,29,30,31)/t14?,15-,16+. The zero-order valence-corrected chi connectivity index (χ0v) is 18.5. The molecule has 3 atom stereocenters. The molecule has 0 radical (unpaired) electrons. The van der Waals surface area contributed by atoms with Crippen molar-refractivity contribution in [3.8, 4) is 6.07 Å². The highest BCUT2D eigenvalue weighted by atomic mass is 16.1. The summed E-state index contributed by atoms with van der Waals surface area (Å²) in [5.74, 6) is 1.67. The SMILES string of the molecule is CNC(=O)c1cc(Nc2cc3ncccc3c(NC3C[C@H]4CC[C@@H](C3)N4CCC#N)n2)n[nH]1. The monoisotopic (exact) mass is 445 g/mol. The maximum atomic E-state index is 11.8. The van der Waals surface area contributed by atoms with Crippen molar-refractivity contribution in [1.29, 1.82) is 5.26 Å². The van der Waals surface area contributed by atoms with E-state index in [-0.39, 0.29) is 5.91 Å². The average molecular weight is 446 g/mol. The molecule has 5 heterocycles. The van der Waals surface area contributed by atoms with E-state index < -0.39 is 0 Å². The first-order valence-corrected chi connectivity index (χ1v) is 11.3. The Kier molecular flexibility index (Phi) is 5.79. The maximum absolute atomic E-state index is 11.8. The van der Waals surface area contributed by atoms with Gasteiger partial charge in [0.15, 0.2) is 5.82 Å². The highest BCUT2D eigenvalue weighted by Gasteiger charge is 2.40. The lowest BCUT2D eigenvalue weighted by Crippen LogP contribution is -2.47. The van der Waals surface area contributed by atoms with Crippen LogP contribution >= 0.6 is 0 Å². The summed E-state index contributed by atoms with van der Waals surface area (Å²) in [6.45, 7) is 0.866. The van der Waals surface area contributed by atoms with Crippen LogP contribution in [0.15, 0.2) is 30.5 Å². The van der Waals surface area contributed by atoms with Gasteiger partial charge in [-0.15, -0.1) is 0 Å². The van der Waals surface area contributed by atoms with Crippen LogP contribution in [0.25, 0.3) is 10.9 Å². The number of nitriles is 1. The van der Waals surface area contributed by atoms with Crippen molar-refractivity contribution in [2.24, 2.45) is 0 Å². The Labute approximate surface area is 191 Å². The van der Waals surface area contributed by atoms with Crippen LogP contribution in [0.2, 0.25) is 0 Å². The number of rotatable bonds is 7. The predicted octanol–water partition coefficient (Wildman–Crippen LogP) is 2.78. The van der Waals surface area contributed by atoms with Crippen LogP contribution in [0.3, 0.4) is 0 Å². The van der Waals surface area contributed by atoms with Gasteiger partial charge in [0.25, 0.3) is 5.91 Å². The van der Waals surface area contributed by atoms with Gasteiger partial charge in [-0.3, -0.25) is 19.8 Å². The minimum atomic E-state index is -0.234. The normalized spacial score (nSPS) is 22.1. The zero-order valence-electron chi connectivity index (χ0n) is 18.5. The fourth-order valence-corrected chi connectivity index (χ4v) is 5.15. The van der Waals surface area contributed by atoms with Crippen molar-refractivity contribution in [3.05, 3.63) is 36.2 Å². The number of fused-ring (bicyclic) bond motifs is 3. The van der Waals surface area contributed by atoms with E-state index in [1.165, 1.54) is 12.8 Å². The summed E-state index contributed by atoms with van der Waals surface area (Å²) in [5.41, 5.74) is 1.20. The third-order valence-electron chi connectivity index (χ3n) is 6.61. The van der Waals surface area contributed by atoms with Gasteiger partial charge < -0.3 is 16.0 Å². The van der Waals surface area contributed by atoms with E-state index in [1.807, 2.05) is 18.2 Å². The molecule has 33 heavy (non-hydrogen) atoms. The van der Waals surface area contributed by atoms with E-state index in [1.54, 1.807) is 19.3 Å². The van der Waals surface area contributed by atoms with E-state index >= 15 is 0 Å². The van der Waals surface area contributed by atoms with Gasteiger partial charge in [-0.1, -0.05) is 0 Å². The van der Waals surface area contributed by atoms with Crippen molar-refractivity contribution in [1.82, 2.24) is 30.4 Å². The highest BCUT2D eigenvalue weighted by molar-refractivity contribution is 5.93. The van der Waals surface area contributed by atoms with Gasteiger partial charge in [-0.05, 0) is 37.8 Å². The van der Waals surface area contributed by atoms with Crippen molar-refractivity contribution in [2.45, 2.75) is 50.2 Å². The number of pyridine rings is 2. The predicted molar refractivity (Wildman–Crippen MR) is 125 cm³/mol. The molecule has 2 aliphatic rings. The van der Waals surface area contributed by atoms with E-state index in [2.05, 4.69) is 42.1 Å². The summed E-state index contributed by atoms with van der Waals surface area (Å²) in [5, 5.41) is 26.3. The highest BCUT2D eigenvalue weighted by Crippen LogP contribution is 2.37. The molecule has 0 aromatic carbocycles. The molecule has 0 spiro atoms. The van der Waals surface area contributed by atoms with Crippen LogP contribution < -0.4 is 16.0 Å². The smallest absolute Gasteiger partial charge is 0.269 e. The molecule has 1 unspecified atom stereocenters. The number of nitrogens with zero attached hydrogens (tertiary/aromatic N) is 5. The number of anilines is 3. The van der Waals surface area contributed by atoms with E-state index in [0.717, 1.165) is 36.1 Å². The van der Waals surface area contributed by atoms with E-state index in [0.29, 0.717) is 41.9 Å². The molecule has 2 fully saturated rings. The number of carbonyl (C=O) groups is 1. The minimum absolute atomic E-state index is 0.234. The van der Waals surface area contributed by atoms with Crippen LogP contribution in [0.5, 0.6) is 0 Å². The zero-order chi connectivity index (χ0) is 22.8. The topological polar surface area (TPSA) is 135 Å². The Bertz CT molecular complexity index is 1190.